The van der Waals surface area contributed by atoms with E-state index < -0.39 is 12.2 Å². The van der Waals surface area contributed by atoms with Crippen LogP contribution in [0.2, 0.25) is 0 Å². The van der Waals surface area contributed by atoms with E-state index in [0.29, 0.717) is 6.29 Å². The molecule has 0 heterocycles. The molecule has 0 amide bonds. The summed E-state index contributed by atoms with van der Waals surface area (Å²) in [5.41, 5.74) is 0. The molecule has 3 nitrogen and oxygen atoms in total. The topological polar surface area (TPSA) is 57.5 Å². The van der Waals surface area contributed by atoms with Gasteiger partial charge in [0.25, 0.3) is 0 Å². The van der Waals surface area contributed by atoms with E-state index in [2.05, 4.69) is 0 Å². The zero-order valence-corrected chi connectivity index (χ0v) is 5.45. The Hall–Kier alpha value is -0.410. The van der Waals surface area contributed by atoms with Crippen molar-refractivity contribution in [3.05, 3.63) is 0 Å². The molecule has 0 rings (SSSR count). The number of aliphatic hydroxyl groups excluding tert-OH is 2. The van der Waals surface area contributed by atoms with Crippen LogP contribution in [-0.2, 0) is 4.79 Å². The minimum atomic E-state index is -0.678. The molecule has 0 bridgehead atoms. The predicted octanol–water partition coefficient (Wildman–Crippen LogP) is -0.293. The summed E-state index contributed by atoms with van der Waals surface area (Å²) in [6, 6.07) is 0. The number of aldehydes is 1. The van der Waals surface area contributed by atoms with Crippen LogP contribution < -0.4 is 0 Å². The molecular formula is C6H12O3. The molecule has 0 saturated carbocycles. The van der Waals surface area contributed by atoms with E-state index in [-0.39, 0.29) is 12.8 Å². The van der Waals surface area contributed by atoms with Crippen molar-refractivity contribution < 1.29 is 15.0 Å². The molecule has 0 aliphatic rings. The van der Waals surface area contributed by atoms with E-state index in [9.17, 15) is 4.79 Å². The first-order valence-corrected chi connectivity index (χ1v) is 2.96. The van der Waals surface area contributed by atoms with Gasteiger partial charge in [-0.1, -0.05) is 0 Å². The van der Waals surface area contributed by atoms with Crippen molar-refractivity contribution in [2.75, 3.05) is 0 Å². The Bertz CT molecular complexity index is 80.4. The van der Waals surface area contributed by atoms with E-state index in [0.717, 1.165) is 0 Å². The normalized spacial score (nSPS) is 16.8. The highest BCUT2D eigenvalue weighted by Crippen LogP contribution is 1.98. The minimum absolute atomic E-state index is 0.116. The maximum Gasteiger partial charge on any atom is 0.122 e. The standard InChI is InChI=1S/C6H12O3/c1-5(8)4-6(9)2-3-7/h3,5-6,8-9H,2,4H2,1H3/t5-,6-/m1/s1. The summed E-state index contributed by atoms with van der Waals surface area (Å²) in [6.07, 6.45) is -0.168. The Kier molecular flexibility index (Phi) is 4.26. The zero-order chi connectivity index (χ0) is 7.28. The van der Waals surface area contributed by atoms with Gasteiger partial charge in [0.05, 0.1) is 12.2 Å². The van der Waals surface area contributed by atoms with Gasteiger partial charge in [-0.3, -0.25) is 0 Å². The van der Waals surface area contributed by atoms with Gasteiger partial charge in [-0.05, 0) is 13.3 Å². The Morgan fingerprint density at radius 3 is 2.44 bits per heavy atom. The Morgan fingerprint density at radius 2 is 2.11 bits per heavy atom. The first-order valence-electron chi connectivity index (χ1n) is 2.96. The van der Waals surface area contributed by atoms with Gasteiger partial charge in [0, 0.05) is 6.42 Å². The van der Waals surface area contributed by atoms with Gasteiger partial charge in [-0.2, -0.15) is 0 Å². The average molecular weight is 132 g/mol. The van der Waals surface area contributed by atoms with Gasteiger partial charge in [0.15, 0.2) is 0 Å². The van der Waals surface area contributed by atoms with E-state index in [1.54, 1.807) is 6.92 Å². The van der Waals surface area contributed by atoms with Gasteiger partial charge >= 0.3 is 0 Å². The molecule has 0 aromatic carbocycles. The van der Waals surface area contributed by atoms with E-state index in [1.807, 2.05) is 0 Å². The molecule has 0 aromatic rings. The summed E-state index contributed by atoms with van der Waals surface area (Å²) in [5.74, 6) is 0. The predicted molar refractivity (Wildman–Crippen MR) is 33.0 cm³/mol. The van der Waals surface area contributed by atoms with Crippen molar-refractivity contribution in [3.8, 4) is 0 Å². The number of rotatable bonds is 4. The molecule has 0 saturated heterocycles. The fraction of sp³-hybridized carbons (Fsp3) is 0.833. The quantitative estimate of drug-likeness (QED) is 0.517. The SMILES string of the molecule is C[C@@H](O)C[C@H](O)CC=O. The Morgan fingerprint density at radius 1 is 1.56 bits per heavy atom. The second-order valence-electron chi connectivity index (χ2n) is 2.14. The third-order valence-corrected chi connectivity index (χ3v) is 0.981. The van der Waals surface area contributed by atoms with Gasteiger partial charge in [-0.25, -0.2) is 0 Å². The summed E-state index contributed by atoms with van der Waals surface area (Å²) < 4.78 is 0. The lowest BCUT2D eigenvalue weighted by Crippen LogP contribution is -2.14. The van der Waals surface area contributed by atoms with Crippen LogP contribution in [0.5, 0.6) is 0 Å². The maximum atomic E-state index is 9.76. The summed E-state index contributed by atoms with van der Waals surface area (Å²) >= 11 is 0. The van der Waals surface area contributed by atoms with E-state index in [4.69, 9.17) is 10.2 Å². The Labute approximate surface area is 54.3 Å². The van der Waals surface area contributed by atoms with Crippen molar-refractivity contribution >= 4 is 6.29 Å². The van der Waals surface area contributed by atoms with Crippen LogP contribution in [0.1, 0.15) is 19.8 Å². The van der Waals surface area contributed by atoms with Gasteiger partial charge < -0.3 is 15.0 Å². The fourth-order valence-electron chi connectivity index (χ4n) is 0.601. The largest absolute Gasteiger partial charge is 0.393 e. The van der Waals surface area contributed by atoms with Crippen LogP contribution >= 0.6 is 0 Å². The molecule has 0 spiro atoms. The summed E-state index contributed by atoms with van der Waals surface area (Å²) in [4.78, 5) is 9.76. The molecule has 2 atom stereocenters. The first-order chi connectivity index (χ1) is 4.16. The molecule has 0 radical (unpaired) electrons. The summed E-state index contributed by atoms with van der Waals surface area (Å²) in [6.45, 7) is 1.58. The lowest BCUT2D eigenvalue weighted by atomic mass is 10.1. The zero-order valence-electron chi connectivity index (χ0n) is 5.45. The molecule has 0 unspecified atom stereocenters. The molecule has 0 aromatic heterocycles. The number of aliphatic hydroxyl groups is 2. The highest BCUT2D eigenvalue weighted by Gasteiger charge is 2.05. The van der Waals surface area contributed by atoms with E-state index >= 15 is 0 Å². The molecule has 54 valence electrons. The molecule has 0 aliphatic carbocycles. The third kappa shape index (κ3) is 5.46. The van der Waals surface area contributed by atoms with Crippen molar-refractivity contribution in [2.24, 2.45) is 0 Å². The number of carbonyl (C=O) groups excluding carboxylic acids is 1. The highest BCUT2D eigenvalue weighted by molar-refractivity contribution is 5.49. The monoisotopic (exact) mass is 132 g/mol. The number of hydrogen-bond acceptors (Lipinski definition) is 3. The average Bonchev–Trinajstić information content (AvgIpc) is 1.63. The number of hydrogen-bond donors (Lipinski definition) is 2. The van der Waals surface area contributed by atoms with Crippen molar-refractivity contribution in [1.82, 2.24) is 0 Å². The van der Waals surface area contributed by atoms with Crippen molar-refractivity contribution in [1.29, 1.82) is 0 Å². The maximum absolute atomic E-state index is 9.76. The third-order valence-electron chi connectivity index (χ3n) is 0.981. The lowest BCUT2D eigenvalue weighted by molar-refractivity contribution is -0.109. The van der Waals surface area contributed by atoms with Gasteiger partial charge in [-0.15, -0.1) is 0 Å². The second kappa shape index (κ2) is 4.47. The molecule has 0 fully saturated rings. The van der Waals surface area contributed by atoms with Crippen LogP contribution in [0.3, 0.4) is 0 Å². The smallest absolute Gasteiger partial charge is 0.122 e. The molecular weight excluding hydrogens is 120 g/mol. The van der Waals surface area contributed by atoms with Crippen molar-refractivity contribution in [3.63, 3.8) is 0 Å². The summed E-state index contributed by atoms with van der Waals surface area (Å²) in [7, 11) is 0. The highest BCUT2D eigenvalue weighted by atomic mass is 16.3. The Balaban J connectivity index is 3.25. The molecule has 2 N–H and O–H groups in total. The summed E-state index contributed by atoms with van der Waals surface area (Å²) in [5, 5.41) is 17.5. The van der Waals surface area contributed by atoms with Crippen LogP contribution in [-0.4, -0.2) is 28.7 Å². The van der Waals surface area contributed by atoms with Gasteiger partial charge in [0.1, 0.15) is 6.29 Å². The van der Waals surface area contributed by atoms with Crippen LogP contribution in [0.25, 0.3) is 0 Å². The van der Waals surface area contributed by atoms with Crippen LogP contribution in [0, 0.1) is 0 Å². The van der Waals surface area contributed by atoms with Crippen LogP contribution in [0.4, 0.5) is 0 Å². The van der Waals surface area contributed by atoms with Gasteiger partial charge in [0.2, 0.25) is 0 Å². The van der Waals surface area contributed by atoms with E-state index in [1.165, 1.54) is 0 Å². The lowest BCUT2D eigenvalue weighted by Gasteiger charge is -2.07. The molecule has 9 heavy (non-hydrogen) atoms. The number of carbonyl (C=O) groups is 1. The minimum Gasteiger partial charge on any atom is -0.393 e. The van der Waals surface area contributed by atoms with Crippen LogP contribution in [0.15, 0.2) is 0 Å². The molecule has 3 heteroatoms. The first kappa shape index (κ1) is 8.59. The second-order valence-corrected chi connectivity index (χ2v) is 2.14. The molecule has 0 aliphatic heterocycles. The fourth-order valence-corrected chi connectivity index (χ4v) is 0.601. The van der Waals surface area contributed by atoms with Crippen molar-refractivity contribution in [2.45, 2.75) is 32.0 Å².